The molecule has 4 heteroatoms. The fraction of sp³-hybridized carbons (Fsp3) is 0.100. The van der Waals surface area contributed by atoms with Crippen LogP contribution in [0.3, 0.4) is 0 Å². The van der Waals surface area contributed by atoms with E-state index >= 15 is 0 Å². The zero-order chi connectivity index (χ0) is 14.1. The van der Waals surface area contributed by atoms with E-state index in [1.54, 1.807) is 0 Å². The van der Waals surface area contributed by atoms with Gasteiger partial charge in [-0.15, -0.1) is 36.1 Å². The van der Waals surface area contributed by atoms with Gasteiger partial charge in [0.25, 0.3) is 0 Å². The molecule has 24 heavy (non-hydrogen) atoms. The number of hydrogen-bond acceptors (Lipinski definition) is 0. The van der Waals surface area contributed by atoms with Crippen molar-refractivity contribution < 1.29 is 51.0 Å². The second-order valence-electron chi connectivity index (χ2n) is 5.27. The molecule has 1 aromatic heterocycles. The van der Waals surface area contributed by atoms with Crippen LogP contribution in [0.4, 0.5) is 0 Å². The van der Waals surface area contributed by atoms with E-state index in [1.807, 2.05) is 24.3 Å². The molecule has 2 aliphatic carbocycles. The molecule has 1 heterocycles. The van der Waals surface area contributed by atoms with Crippen LogP contribution in [-0.2, 0) is 32.6 Å². The van der Waals surface area contributed by atoms with Crippen LogP contribution in [0.2, 0.25) is 0 Å². The average Bonchev–Trinajstić information content (AvgIpc) is 3.25. The van der Waals surface area contributed by atoms with Crippen molar-refractivity contribution in [2.75, 3.05) is 0 Å². The molecule has 0 radical (unpaired) electrons. The van der Waals surface area contributed by atoms with Gasteiger partial charge in [0, 0.05) is 0 Å². The molecule has 0 fully saturated rings. The van der Waals surface area contributed by atoms with E-state index in [0.29, 0.717) is 0 Å². The molecule has 0 spiro atoms. The molecular weight excluding hydrogens is 416 g/mol. The Morgan fingerprint density at radius 1 is 1.00 bits per heavy atom. The topological polar surface area (TPSA) is 15.8 Å². The van der Waals surface area contributed by atoms with E-state index in [9.17, 15) is 0 Å². The third-order valence-corrected chi connectivity index (χ3v) is 3.96. The zero-order valence-electron chi connectivity index (χ0n) is 12.9. The van der Waals surface area contributed by atoms with E-state index in [2.05, 4.69) is 53.5 Å². The van der Waals surface area contributed by atoms with Crippen molar-refractivity contribution in [3.63, 3.8) is 0 Å². The van der Waals surface area contributed by atoms with Gasteiger partial charge in [0.05, 0.1) is 0 Å². The Morgan fingerprint density at radius 3 is 2.54 bits per heavy atom. The van der Waals surface area contributed by atoms with Crippen LogP contribution in [0.25, 0.3) is 22.2 Å². The maximum absolute atomic E-state index is 3.50. The second-order valence-corrected chi connectivity index (χ2v) is 5.27. The number of benzene rings is 2. The minimum atomic E-state index is 0. The quantitative estimate of drug-likeness (QED) is 0.339. The van der Waals surface area contributed by atoms with Crippen molar-refractivity contribution >= 4 is 10.9 Å². The third kappa shape index (κ3) is 3.94. The molecule has 5 rings (SSSR count). The van der Waals surface area contributed by atoms with Gasteiger partial charge in [0.15, 0.2) is 0 Å². The average molecular weight is 431 g/mol. The van der Waals surface area contributed by atoms with Crippen LogP contribution >= 0.6 is 0 Å². The summed E-state index contributed by atoms with van der Waals surface area (Å²) in [4.78, 5) is 3.50. The third-order valence-electron chi connectivity index (χ3n) is 3.96. The van der Waals surface area contributed by atoms with Crippen molar-refractivity contribution in [1.29, 1.82) is 0 Å². The fourth-order valence-electron chi connectivity index (χ4n) is 2.98. The predicted molar refractivity (Wildman–Crippen MR) is 86.9 cm³/mol. The summed E-state index contributed by atoms with van der Waals surface area (Å²) < 4.78 is 0. The number of hydrogen-bond donors (Lipinski definition) is 1. The molecule has 0 unspecified atom stereocenters. The summed E-state index contributed by atoms with van der Waals surface area (Å²) in [5, 5.41) is 1.24. The van der Waals surface area contributed by atoms with Crippen LogP contribution in [0, 0.1) is 12.1 Å². The Labute approximate surface area is 174 Å². The standard InChI is InChI=1S/C15H10N.C5H5.2ClH.Zr/c1-2-6-11-10(5-1)9-13-12-7-3-4-8-14(12)16-15(11)13;1-2-4-5-3-1;;;/h1-6,8,16H,9H2;1-3H,4H2;2*1H;/q2*-1;;;+4/p-2. The molecule has 2 aliphatic rings. The molecular formula is C20H15Cl2NZr. The Bertz CT molecular complexity index is 855. The van der Waals surface area contributed by atoms with Gasteiger partial charge in [-0.05, 0) is 28.8 Å². The van der Waals surface area contributed by atoms with E-state index in [4.69, 9.17) is 0 Å². The number of aromatic nitrogens is 1. The first-order valence-corrected chi connectivity index (χ1v) is 7.25. The molecule has 0 saturated heterocycles. The first-order valence-electron chi connectivity index (χ1n) is 7.25. The Kier molecular flexibility index (Phi) is 8.23. The minimum Gasteiger partial charge on any atom is -1.00 e. The zero-order valence-corrected chi connectivity index (χ0v) is 16.9. The molecule has 1 N–H and O–H groups in total. The molecule has 118 valence electrons. The van der Waals surface area contributed by atoms with Gasteiger partial charge >= 0.3 is 26.2 Å². The van der Waals surface area contributed by atoms with Gasteiger partial charge in [-0.3, -0.25) is 6.08 Å². The minimum absolute atomic E-state index is 0. The number of aromatic amines is 1. The number of fused-ring (bicyclic) bond motifs is 5. The van der Waals surface area contributed by atoms with Gasteiger partial charge in [-0.1, -0.05) is 29.8 Å². The Hall–Kier alpha value is -1.08. The summed E-state index contributed by atoms with van der Waals surface area (Å²) in [5.41, 5.74) is 6.65. The van der Waals surface area contributed by atoms with Crippen molar-refractivity contribution in [2.24, 2.45) is 0 Å². The molecule has 0 amide bonds. The van der Waals surface area contributed by atoms with E-state index in [0.717, 1.165) is 12.8 Å². The van der Waals surface area contributed by atoms with Gasteiger partial charge in [-0.2, -0.15) is 6.08 Å². The van der Waals surface area contributed by atoms with Gasteiger partial charge in [0.2, 0.25) is 0 Å². The summed E-state index contributed by atoms with van der Waals surface area (Å²) in [6.45, 7) is 0. The van der Waals surface area contributed by atoms with Gasteiger partial charge in [-0.25, -0.2) is 12.2 Å². The predicted octanol–water partition coefficient (Wildman–Crippen LogP) is -1.15. The summed E-state index contributed by atoms with van der Waals surface area (Å²) >= 11 is 0. The van der Waals surface area contributed by atoms with Crippen LogP contribution in [0.15, 0.2) is 60.7 Å². The number of nitrogens with one attached hydrogen (secondary N) is 1. The maximum Gasteiger partial charge on any atom is 4.00 e. The molecule has 0 aliphatic heterocycles. The van der Waals surface area contributed by atoms with Crippen molar-refractivity contribution in [1.82, 2.24) is 4.98 Å². The normalized spacial score (nSPS) is 12.2. The van der Waals surface area contributed by atoms with E-state index in [-0.39, 0.29) is 51.0 Å². The molecule has 0 saturated carbocycles. The summed E-state index contributed by atoms with van der Waals surface area (Å²) in [7, 11) is 0. The number of H-pyrrole nitrogens is 1. The monoisotopic (exact) mass is 429 g/mol. The van der Waals surface area contributed by atoms with Gasteiger partial charge < -0.3 is 29.8 Å². The van der Waals surface area contributed by atoms with E-state index < -0.39 is 0 Å². The number of rotatable bonds is 0. The van der Waals surface area contributed by atoms with Gasteiger partial charge in [0.1, 0.15) is 0 Å². The maximum atomic E-state index is 3.50. The Morgan fingerprint density at radius 2 is 1.83 bits per heavy atom. The van der Waals surface area contributed by atoms with E-state index in [1.165, 1.54) is 33.3 Å². The first kappa shape index (κ1) is 21.0. The number of allylic oxidation sites excluding steroid dienone is 4. The molecule has 0 atom stereocenters. The molecule has 2 aromatic carbocycles. The van der Waals surface area contributed by atoms with Crippen LogP contribution in [0.1, 0.15) is 17.5 Å². The summed E-state index contributed by atoms with van der Waals surface area (Å²) in [6, 6.07) is 18.1. The molecule has 0 bridgehead atoms. The Balaban J connectivity index is 0.000000317. The van der Waals surface area contributed by atoms with Crippen LogP contribution < -0.4 is 24.8 Å². The molecule has 1 nitrogen and oxygen atoms in total. The van der Waals surface area contributed by atoms with Crippen molar-refractivity contribution in [2.45, 2.75) is 12.8 Å². The van der Waals surface area contributed by atoms with Crippen LogP contribution in [0.5, 0.6) is 0 Å². The van der Waals surface area contributed by atoms with Crippen molar-refractivity contribution in [3.05, 3.63) is 84.0 Å². The number of halogens is 2. The second kappa shape index (κ2) is 9.42. The summed E-state index contributed by atoms with van der Waals surface area (Å²) in [6.07, 6.45) is 11.0. The molecule has 3 aromatic rings. The fourth-order valence-corrected chi connectivity index (χ4v) is 2.98. The van der Waals surface area contributed by atoms with Crippen LogP contribution in [-0.4, -0.2) is 4.98 Å². The van der Waals surface area contributed by atoms with Crippen molar-refractivity contribution in [3.8, 4) is 11.3 Å². The first-order chi connectivity index (χ1) is 10.4. The SMILES string of the molecule is [C-]1=CC=CC1.[Cl-].[Cl-].[Zr+4].[c-]1cccc2[nH]c3c(c12)Cc1ccccc1-3. The summed E-state index contributed by atoms with van der Waals surface area (Å²) in [5.74, 6) is 0. The largest absolute Gasteiger partial charge is 4.00 e. The smallest absolute Gasteiger partial charge is 1.00 e.